The third-order valence-electron chi connectivity index (χ3n) is 5.31. The summed E-state index contributed by atoms with van der Waals surface area (Å²) in [6.45, 7) is 0.721. The molecule has 3 nitrogen and oxygen atoms in total. The second-order valence-corrected chi connectivity index (χ2v) is 7.11. The van der Waals surface area contributed by atoms with Crippen LogP contribution in [0.15, 0.2) is 54.6 Å². The van der Waals surface area contributed by atoms with Gasteiger partial charge in [-0.2, -0.15) is 0 Å². The van der Waals surface area contributed by atoms with Crippen molar-refractivity contribution >= 4 is 5.91 Å². The number of rotatable bonds is 6. The van der Waals surface area contributed by atoms with E-state index in [2.05, 4.69) is 35.6 Å². The Balaban J connectivity index is 1.71. The quantitative estimate of drug-likeness (QED) is 0.835. The van der Waals surface area contributed by atoms with E-state index in [0.717, 1.165) is 13.0 Å². The van der Waals surface area contributed by atoms with Crippen LogP contribution in [0.4, 0.5) is 0 Å². The highest BCUT2D eigenvalue weighted by Gasteiger charge is 2.32. The van der Waals surface area contributed by atoms with Gasteiger partial charge in [-0.3, -0.25) is 4.79 Å². The molecule has 3 rings (SSSR count). The van der Waals surface area contributed by atoms with Gasteiger partial charge in [0.25, 0.3) is 5.91 Å². The minimum atomic E-state index is -0.0459. The summed E-state index contributed by atoms with van der Waals surface area (Å²) in [7, 11) is 1.60. The molecule has 2 aromatic carbocycles. The first-order valence-electron chi connectivity index (χ1n) is 9.18. The van der Waals surface area contributed by atoms with E-state index in [4.69, 9.17) is 4.74 Å². The highest BCUT2D eigenvalue weighted by atomic mass is 16.5. The number of hydrogen-bond donors (Lipinski definition) is 1. The molecule has 1 saturated carbocycles. The zero-order chi connectivity index (χ0) is 17.5. The van der Waals surface area contributed by atoms with E-state index in [1.807, 2.05) is 24.3 Å². The van der Waals surface area contributed by atoms with Crippen LogP contribution in [0.3, 0.4) is 0 Å². The van der Waals surface area contributed by atoms with Gasteiger partial charge >= 0.3 is 0 Å². The van der Waals surface area contributed by atoms with Crippen molar-refractivity contribution in [3.8, 4) is 5.75 Å². The first kappa shape index (κ1) is 17.5. The molecule has 0 bridgehead atoms. The minimum absolute atomic E-state index is 0.0459. The van der Waals surface area contributed by atoms with Crippen molar-refractivity contribution in [1.29, 1.82) is 0 Å². The van der Waals surface area contributed by atoms with Crippen molar-refractivity contribution in [1.82, 2.24) is 5.32 Å². The van der Waals surface area contributed by atoms with Crippen molar-refractivity contribution in [2.24, 2.45) is 5.41 Å². The zero-order valence-electron chi connectivity index (χ0n) is 15.0. The predicted octanol–water partition coefficient (Wildman–Crippen LogP) is 4.62. The molecule has 2 aromatic rings. The monoisotopic (exact) mass is 337 g/mol. The molecule has 0 spiro atoms. The molecule has 0 unspecified atom stereocenters. The Morgan fingerprint density at radius 3 is 2.40 bits per heavy atom. The van der Waals surface area contributed by atoms with Crippen molar-refractivity contribution in [2.75, 3.05) is 13.7 Å². The lowest BCUT2D eigenvalue weighted by Crippen LogP contribution is -2.40. The molecule has 0 aliphatic heterocycles. The lowest BCUT2D eigenvalue weighted by Gasteiger charge is -2.38. The second kappa shape index (κ2) is 8.19. The van der Waals surface area contributed by atoms with E-state index in [1.54, 1.807) is 7.11 Å². The molecule has 1 N–H and O–H groups in total. The number of carbonyl (C=O) groups excluding carboxylic acids is 1. The fraction of sp³-hybridized carbons (Fsp3) is 0.409. The smallest absolute Gasteiger partial charge is 0.255 e. The van der Waals surface area contributed by atoms with Gasteiger partial charge in [-0.05, 0) is 42.4 Å². The number of nitrogens with one attached hydrogen (secondary N) is 1. The van der Waals surface area contributed by atoms with E-state index in [9.17, 15) is 4.79 Å². The van der Waals surface area contributed by atoms with Gasteiger partial charge in [-0.1, -0.05) is 61.7 Å². The van der Waals surface area contributed by atoms with Crippen LogP contribution in [0.2, 0.25) is 0 Å². The fourth-order valence-corrected chi connectivity index (χ4v) is 3.94. The highest BCUT2D eigenvalue weighted by molar-refractivity contribution is 5.96. The Bertz CT molecular complexity index is 690. The number of para-hydroxylation sites is 1. The number of ether oxygens (including phenoxy) is 1. The molecule has 1 fully saturated rings. The summed E-state index contributed by atoms with van der Waals surface area (Å²) in [4.78, 5) is 12.7. The maximum absolute atomic E-state index is 12.7. The van der Waals surface area contributed by atoms with E-state index in [0.29, 0.717) is 11.3 Å². The molecule has 1 aliphatic rings. The average Bonchev–Trinajstić information content (AvgIpc) is 2.67. The van der Waals surface area contributed by atoms with Crippen LogP contribution < -0.4 is 10.1 Å². The molecule has 1 amide bonds. The highest BCUT2D eigenvalue weighted by Crippen LogP contribution is 2.39. The number of carbonyl (C=O) groups is 1. The van der Waals surface area contributed by atoms with Crippen LogP contribution >= 0.6 is 0 Å². The number of hydrogen-bond acceptors (Lipinski definition) is 2. The van der Waals surface area contributed by atoms with Crippen LogP contribution in [-0.4, -0.2) is 19.6 Å². The van der Waals surface area contributed by atoms with Gasteiger partial charge in [0.2, 0.25) is 0 Å². The van der Waals surface area contributed by atoms with Gasteiger partial charge in [0, 0.05) is 6.54 Å². The van der Waals surface area contributed by atoms with Gasteiger partial charge in [-0.15, -0.1) is 0 Å². The average molecular weight is 337 g/mol. The third kappa shape index (κ3) is 4.41. The third-order valence-corrected chi connectivity index (χ3v) is 5.31. The van der Waals surface area contributed by atoms with Crippen LogP contribution in [0, 0.1) is 5.41 Å². The SMILES string of the molecule is COc1ccccc1C(=O)NCC1(Cc2ccccc2)CCCCC1. The van der Waals surface area contributed by atoms with Crippen LogP contribution in [0.5, 0.6) is 5.75 Å². The summed E-state index contributed by atoms with van der Waals surface area (Å²) < 4.78 is 5.32. The zero-order valence-corrected chi connectivity index (χ0v) is 15.0. The number of benzene rings is 2. The summed E-state index contributed by atoms with van der Waals surface area (Å²) >= 11 is 0. The first-order chi connectivity index (χ1) is 12.2. The van der Waals surface area contributed by atoms with E-state index >= 15 is 0 Å². The molecular formula is C22H27NO2. The summed E-state index contributed by atoms with van der Waals surface area (Å²) in [5, 5.41) is 3.19. The molecule has 3 heteroatoms. The fourth-order valence-electron chi connectivity index (χ4n) is 3.94. The van der Waals surface area contributed by atoms with Crippen LogP contribution in [0.25, 0.3) is 0 Å². The topological polar surface area (TPSA) is 38.3 Å². The molecule has 0 saturated heterocycles. The lowest BCUT2D eigenvalue weighted by molar-refractivity contribution is 0.0905. The Kier molecular flexibility index (Phi) is 5.75. The molecule has 0 atom stereocenters. The van der Waals surface area contributed by atoms with Crippen LogP contribution in [-0.2, 0) is 6.42 Å². The van der Waals surface area contributed by atoms with Gasteiger partial charge in [0.05, 0.1) is 12.7 Å². The minimum Gasteiger partial charge on any atom is -0.496 e. The van der Waals surface area contributed by atoms with Crippen molar-refractivity contribution < 1.29 is 9.53 Å². The van der Waals surface area contributed by atoms with Crippen molar-refractivity contribution in [2.45, 2.75) is 38.5 Å². The maximum Gasteiger partial charge on any atom is 0.255 e. The molecular weight excluding hydrogens is 310 g/mol. The van der Waals surface area contributed by atoms with Crippen LogP contribution in [0.1, 0.15) is 48.0 Å². The van der Waals surface area contributed by atoms with E-state index < -0.39 is 0 Å². The lowest BCUT2D eigenvalue weighted by atomic mass is 9.70. The molecule has 0 radical (unpaired) electrons. The van der Waals surface area contributed by atoms with Crippen molar-refractivity contribution in [3.05, 3.63) is 65.7 Å². The van der Waals surface area contributed by atoms with Gasteiger partial charge in [0.15, 0.2) is 0 Å². The van der Waals surface area contributed by atoms with Gasteiger partial charge in [0.1, 0.15) is 5.75 Å². The molecule has 0 heterocycles. The normalized spacial score (nSPS) is 16.2. The van der Waals surface area contributed by atoms with Crippen molar-refractivity contribution in [3.63, 3.8) is 0 Å². The van der Waals surface area contributed by atoms with Gasteiger partial charge < -0.3 is 10.1 Å². The summed E-state index contributed by atoms with van der Waals surface area (Å²) in [5.74, 6) is 0.580. The summed E-state index contributed by atoms with van der Waals surface area (Å²) in [6.07, 6.45) is 7.17. The summed E-state index contributed by atoms with van der Waals surface area (Å²) in [5.41, 5.74) is 2.13. The Morgan fingerprint density at radius 1 is 1.00 bits per heavy atom. The molecule has 0 aromatic heterocycles. The van der Waals surface area contributed by atoms with E-state index in [-0.39, 0.29) is 11.3 Å². The second-order valence-electron chi connectivity index (χ2n) is 7.11. The Labute approximate surface area is 150 Å². The first-order valence-corrected chi connectivity index (χ1v) is 9.18. The van der Waals surface area contributed by atoms with E-state index in [1.165, 1.54) is 37.7 Å². The standard InChI is InChI=1S/C22H27NO2/c1-25-20-13-7-6-12-19(20)21(24)23-17-22(14-8-3-9-15-22)16-18-10-4-2-5-11-18/h2,4-7,10-13H,3,8-9,14-17H2,1H3,(H,23,24). The molecule has 1 aliphatic carbocycles. The Hall–Kier alpha value is -2.29. The number of amides is 1. The predicted molar refractivity (Wildman–Crippen MR) is 101 cm³/mol. The largest absolute Gasteiger partial charge is 0.496 e. The summed E-state index contributed by atoms with van der Waals surface area (Å²) in [6, 6.07) is 18.0. The molecule has 25 heavy (non-hydrogen) atoms. The maximum atomic E-state index is 12.7. The molecule has 132 valence electrons. The number of methoxy groups -OCH3 is 1. The van der Waals surface area contributed by atoms with Gasteiger partial charge in [-0.25, -0.2) is 0 Å². The Morgan fingerprint density at radius 2 is 1.68 bits per heavy atom.